The molecule has 104 valence electrons. The van der Waals surface area contributed by atoms with Crippen molar-refractivity contribution in [3.8, 4) is 5.75 Å². The molecule has 4 heteroatoms. The highest BCUT2D eigenvalue weighted by atomic mass is 16.5. The Morgan fingerprint density at radius 1 is 1.21 bits per heavy atom. The van der Waals surface area contributed by atoms with Crippen LogP contribution in [0.5, 0.6) is 5.75 Å². The monoisotopic (exact) mass is 261 g/mol. The molecule has 2 aliphatic heterocycles. The van der Waals surface area contributed by atoms with E-state index in [9.17, 15) is 0 Å². The van der Waals surface area contributed by atoms with E-state index >= 15 is 0 Å². The maximum Gasteiger partial charge on any atom is 0.122 e. The van der Waals surface area contributed by atoms with Gasteiger partial charge in [0.2, 0.25) is 0 Å². The minimum absolute atomic E-state index is 0.351. The van der Waals surface area contributed by atoms with E-state index in [1.807, 2.05) is 12.1 Å². The van der Waals surface area contributed by atoms with Crippen LogP contribution < -0.4 is 10.1 Å². The maximum atomic E-state index is 6.00. The molecule has 1 aromatic heterocycles. The van der Waals surface area contributed by atoms with Gasteiger partial charge in [0.1, 0.15) is 11.9 Å². The number of nitrogens with one attached hydrogen (secondary N) is 1. The summed E-state index contributed by atoms with van der Waals surface area (Å²) in [5.74, 6) is 1.82. The van der Waals surface area contributed by atoms with Crippen molar-refractivity contribution in [1.29, 1.82) is 0 Å². The summed E-state index contributed by atoms with van der Waals surface area (Å²) in [7, 11) is 0. The molecule has 19 heavy (non-hydrogen) atoms. The van der Waals surface area contributed by atoms with Crippen molar-refractivity contribution in [3.63, 3.8) is 0 Å². The summed E-state index contributed by atoms with van der Waals surface area (Å²) < 4.78 is 6.00. The molecule has 0 spiro atoms. The average Bonchev–Trinajstić information content (AvgIpc) is 2.88. The van der Waals surface area contributed by atoms with Crippen LogP contribution in [0.25, 0.3) is 0 Å². The normalized spacial score (nSPS) is 25.6. The van der Waals surface area contributed by atoms with E-state index in [0.29, 0.717) is 6.10 Å². The minimum atomic E-state index is 0.351. The molecule has 0 saturated carbocycles. The summed E-state index contributed by atoms with van der Waals surface area (Å²) in [5, 5.41) is 3.43. The van der Waals surface area contributed by atoms with E-state index in [2.05, 4.69) is 15.2 Å². The first-order valence-corrected chi connectivity index (χ1v) is 7.40. The van der Waals surface area contributed by atoms with Gasteiger partial charge >= 0.3 is 0 Å². The molecule has 1 N–H and O–H groups in total. The van der Waals surface area contributed by atoms with Crippen molar-refractivity contribution in [1.82, 2.24) is 15.2 Å². The number of rotatable bonds is 4. The number of hydrogen-bond acceptors (Lipinski definition) is 4. The average molecular weight is 261 g/mol. The van der Waals surface area contributed by atoms with Crippen LogP contribution >= 0.6 is 0 Å². The Morgan fingerprint density at radius 2 is 2.00 bits per heavy atom. The Hall–Kier alpha value is -1.13. The molecule has 0 unspecified atom stereocenters. The van der Waals surface area contributed by atoms with E-state index < -0.39 is 0 Å². The number of likely N-dealkylation sites (tertiary alicyclic amines) is 1. The first-order valence-electron chi connectivity index (χ1n) is 7.40. The van der Waals surface area contributed by atoms with Crippen LogP contribution in [0.4, 0.5) is 0 Å². The van der Waals surface area contributed by atoms with E-state index in [0.717, 1.165) is 24.6 Å². The molecule has 3 heterocycles. The van der Waals surface area contributed by atoms with Crippen LogP contribution in [0.3, 0.4) is 0 Å². The quantitative estimate of drug-likeness (QED) is 0.892. The zero-order valence-corrected chi connectivity index (χ0v) is 11.4. The van der Waals surface area contributed by atoms with Crippen LogP contribution in [0.2, 0.25) is 0 Å². The predicted octanol–water partition coefficient (Wildman–Crippen LogP) is 1.53. The Bertz CT molecular complexity index is 378. The maximum absolute atomic E-state index is 6.00. The smallest absolute Gasteiger partial charge is 0.122 e. The van der Waals surface area contributed by atoms with Crippen LogP contribution in [0.1, 0.15) is 19.3 Å². The summed E-state index contributed by atoms with van der Waals surface area (Å²) in [6.45, 7) is 5.88. The molecule has 0 bridgehead atoms. The molecule has 4 nitrogen and oxygen atoms in total. The summed E-state index contributed by atoms with van der Waals surface area (Å²) >= 11 is 0. The fourth-order valence-corrected chi connectivity index (χ4v) is 3.10. The number of piperidine rings is 1. The number of nitrogens with zero attached hydrogens (tertiary/aromatic N) is 2. The lowest BCUT2D eigenvalue weighted by atomic mass is 9.98. The standard InChI is InChI=1S/C15H23N3O/c1-6-16-7-2-13(1)11-18-10-5-15(12-18)19-14-3-8-17-9-4-14/h3-4,8-9,13,15-16H,1-2,5-7,10-12H2/t15-/m1/s1. The van der Waals surface area contributed by atoms with Gasteiger partial charge < -0.3 is 10.1 Å². The van der Waals surface area contributed by atoms with E-state index in [1.54, 1.807) is 12.4 Å². The van der Waals surface area contributed by atoms with Crippen LogP contribution in [0.15, 0.2) is 24.5 Å². The second kappa shape index (κ2) is 6.35. The molecule has 1 aromatic rings. The van der Waals surface area contributed by atoms with Crippen LogP contribution in [-0.4, -0.2) is 48.7 Å². The van der Waals surface area contributed by atoms with Crippen molar-refractivity contribution in [2.45, 2.75) is 25.4 Å². The fraction of sp³-hybridized carbons (Fsp3) is 0.667. The largest absolute Gasteiger partial charge is 0.489 e. The third-order valence-corrected chi connectivity index (χ3v) is 4.16. The molecule has 2 aliphatic rings. The molecule has 0 amide bonds. The Kier molecular flexibility index (Phi) is 4.30. The van der Waals surface area contributed by atoms with Gasteiger partial charge in [0, 0.05) is 32.0 Å². The molecule has 1 atom stereocenters. The summed E-state index contributed by atoms with van der Waals surface area (Å²) in [6, 6.07) is 3.88. The summed E-state index contributed by atoms with van der Waals surface area (Å²) in [6.07, 6.45) is 7.73. The molecule has 0 radical (unpaired) electrons. The van der Waals surface area contributed by atoms with E-state index in [-0.39, 0.29) is 0 Å². The van der Waals surface area contributed by atoms with Crippen LogP contribution in [0, 0.1) is 5.92 Å². The number of ether oxygens (including phenoxy) is 1. The lowest BCUT2D eigenvalue weighted by molar-refractivity contribution is 0.183. The van der Waals surface area contributed by atoms with Gasteiger partial charge in [-0.2, -0.15) is 0 Å². The molecule has 2 saturated heterocycles. The van der Waals surface area contributed by atoms with Crippen molar-refractivity contribution in [2.75, 3.05) is 32.7 Å². The highest BCUT2D eigenvalue weighted by molar-refractivity contribution is 5.17. The summed E-state index contributed by atoms with van der Waals surface area (Å²) in [5.41, 5.74) is 0. The van der Waals surface area contributed by atoms with Gasteiger partial charge in [0.15, 0.2) is 0 Å². The van der Waals surface area contributed by atoms with Gasteiger partial charge in [-0.05, 0) is 50.4 Å². The lowest BCUT2D eigenvalue weighted by Crippen LogP contribution is -2.36. The van der Waals surface area contributed by atoms with Crippen molar-refractivity contribution < 1.29 is 4.74 Å². The number of pyridine rings is 1. The highest BCUT2D eigenvalue weighted by Crippen LogP contribution is 2.20. The molecule has 0 aromatic carbocycles. The number of aromatic nitrogens is 1. The van der Waals surface area contributed by atoms with Crippen molar-refractivity contribution in [3.05, 3.63) is 24.5 Å². The zero-order valence-electron chi connectivity index (χ0n) is 11.4. The van der Waals surface area contributed by atoms with Gasteiger partial charge in [-0.3, -0.25) is 9.88 Å². The second-order valence-corrected chi connectivity index (χ2v) is 5.66. The van der Waals surface area contributed by atoms with Crippen molar-refractivity contribution in [2.24, 2.45) is 5.92 Å². The van der Waals surface area contributed by atoms with Crippen LogP contribution in [-0.2, 0) is 0 Å². The first-order chi connectivity index (χ1) is 9.40. The topological polar surface area (TPSA) is 37.4 Å². The SMILES string of the molecule is c1cc(O[C@@H]2CCN(CC3CCNCC3)C2)ccn1. The first kappa shape index (κ1) is 12.9. The Morgan fingerprint density at radius 3 is 2.79 bits per heavy atom. The Balaban J connectivity index is 1.44. The van der Waals surface area contributed by atoms with E-state index in [1.165, 1.54) is 39.0 Å². The number of hydrogen-bond donors (Lipinski definition) is 1. The van der Waals surface area contributed by atoms with Gasteiger partial charge in [-0.1, -0.05) is 0 Å². The molecule has 2 fully saturated rings. The molecular formula is C15H23N3O. The minimum Gasteiger partial charge on any atom is -0.489 e. The van der Waals surface area contributed by atoms with Gasteiger partial charge in [0.05, 0.1) is 0 Å². The zero-order chi connectivity index (χ0) is 12.9. The molecule has 0 aliphatic carbocycles. The van der Waals surface area contributed by atoms with Crippen molar-refractivity contribution >= 4 is 0 Å². The van der Waals surface area contributed by atoms with E-state index in [4.69, 9.17) is 4.74 Å². The second-order valence-electron chi connectivity index (χ2n) is 5.66. The van der Waals surface area contributed by atoms with Gasteiger partial charge in [-0.15, -0.1) is 0 Å². The Labute approximate surface area is 115 Å². The third-order valence-electron chi connectivity index (χ3n) is 4.16. The van der Waals surface area contributed by atoms with Gasteiger partial charge in [0.25, 0.3) is 0 Å². The fourth-order valence-electron chi connectivity index (χ4n) is 3.10. The predicted molar refractivity (Wildman–Crippen MR) is 75.3 cm³/mol. The highest BCUT2D eigenvalue weighted by Gasteiger charge is 2.26. The van der Waals surface area contributed by atoms with Gasteiger partial charge in [-0.25, -0.2) is 0 Å². The molecule has 3 rings (SSSR count). The third kappa shape index (κ3) is 3.67. The summed E-state index contributed by atoms with van der Waals surface area (Å²) in [4.78, 5) is 6.59. The lowest BCUT2D eigenvalue weighted by Gasteiger charge is -2.27. The molecular weight excluding hydrogens is 238 g/mol.